The Labute approximate surface area is 175 Å². The highest BCUT2D eigenvalue weighted by atomic mass is 16.5. The number of aryl methyl sites for hydroxylation is 2. The number of fused-ring (bicyclic) bond motifs is 1. The Kier molecular flexibility index (Phi) is 5.91. The van der Waals surface area contributed by atoms with Gasteiger partial charge in [0.2, 0.25) is 0 Å². The van der Waals surface area contributed by atoms with Gasteiger partial charge >= 0.3 is 0 Å². The van der Waals surface area contributed by atoms with E-state index in [9.17, 15) is 4.79 Å². The zero-order chi connectivity index (χ0) is 20.9. The number of benzene rings is 3. The molecule has 152 valence electrons. The number of ether oxygens (including phenoxy) is 1. The molecular formula is C25H25N3O2. The molecule has 0 saturated heterocycles. The maximum Gasteiger partial charge on any atom is 0.261 e. The van der Waals surface area contributed by atoms with Gasteiger partial charge in [0.15, 0.2) is 0 Å². The smallest absolute Gasteiger partial charge is 0.261 e. The number of hydrogen-bond acceptors (Lipinski definition) is 4. The van der Waals surface area contributed by atoms with Crippen LogP contribution >= 0.6 is 0 Å². The monoisotopic (exact) mass is 399 g/mol. The van der Waals surface area contributed by atoms with Gasteiger partial charge in [0, 0.05) is 13.0 Å². The van der Waals surface area contributed by atoms with Gasteiger partial charge in [0.25, 0.3) is 5.56 Å². The minimum Gasteiger partial charge on any atom is -0.497 e. The second-order valence-corrected chi connectivity index (χ2v) is 7.31. The van der Waals surface area contributed by atoms with Crippen LogP contribution in [-0.2, 0) is 25.9 Å². The van der Waals surface area contributed by atoms with E-state index in [1.807, 2.05) is 54.6 Å². The van der Waals surface area contributed by atoms with Crippen molar-refractivity contribution in [3.05, 3.63) is 106 Å². The van der Waals surface area contributed by atoms with Crippen LogP contribution in [0.4, 0.5) is 0 Å². The van der Waals surface area contributed by atoms with Crippen LogP contribution in [0.1, 0.15) is 22.5 Å². The van der Waals surface area contributed by atoms with Gasteiger partial charge < -0.3 is 10.5 Å². The predicted octanol–water partition coefficient (Wildman–Crippen LogP) is 3.70. The summed E-state index contributed by atoms with van der Waals surface area (Å²) < 4.78 is 7.09. The highest BCUT2D eigenvalue weighted by molar-refractivity contribution is 5.79. The molecule has 5 heteroatoms. The molecule has 5 nitrogen and oxygen atoms in total. The molecule has 0 unspecified atom stereocenters. The molecular weight excluding hydrogens is 374 g/mol. The zero-order valence-corrected chi connectivity index (χ0v) is 17.0. The molecule has 0 spiro atoms. The molecule has 3 aromatic carbocycles. The quantitative estimate of drug-likeness (QED) is 0.514. The lowest BCUT2D eigenvalue weighted by Gasteiger charge is -2.15. The highest BCUT2D eigenvalue weighted by Crippen LogP contribution is 2.18. The van der Waals surface area contributed by atoms with Crippen molar-refractivity contribution in [2.45, 2.75) is 25.9 Å². The fourth-order valence-electron chi connectivity index (χ4n) is 3.67. The minimum absolute atomic E-state index is 0.0555. The Morgan fingerprint density at radius 1 is 0.900 bits per heavy atom. The lowest BCUT2D eigenvalue weighted by molar-refractivity contribution is 0.415. The molecule has 0 fully saturated rings. The predicted molar refractivity (Wildman–Crippen MR) is 120 cm³/mol. The van der Waals surface area contributed by atoms with Crippen LogP contribution in [0.5, 0.6) is 5.75 Å². The Morgan fingerprint density at radius 2 is 1.67 bits per heavy atom. The Bertz CT molecular complexity index is 1220. The first-order chi connectivity index (χ1) is 14.7. The largest absolute Gasteiger partial charge is 0.497 e. The number of aromatic nitrogens is 2. The first kappa shape index (κ1) is 19.9. The lowest BCUT2D eigenvalue weighted by atomic mass is 10.1. The van der Waals surface area contributed by atoms with Crippen molar-refractivity contribution in [1.29, 1.82) is 0 Å². The average Bonchev–Trinajstić information content (AvgIpc) is 2.80. The van der Waals surface area contributed by atoms with E-state index in [1.54, 1.807) is 17.7 Å². The van der Waals surface area contributed by atoms with Crippen molar-refractivity contribution in [2.24, 2.45) is 5.73 Å². The number of methoxy groups -OCH3 is 1. The molecule has 0 aliphatic carbocycles. The molecule has 1 heterocycles. The van der Waals surface area contributed by atoms with Crippen molar-refractivity contribution in [1.82, 2.24) is 9.55 Å². The molecule has 0 aliphatic heterocycles. The van der Waals surface area contributed by atoms with E-state index in [2.05, 4.69) is 12.1 Å². The first-order valence-corrected chi connectivity index (χ1v) is 10.1. The maximum atomic E-state index is 13.4. The molecule has 2 N–H and O–H groups in total. The van der Waals surface area contributed by atoms with E-state index in [0.717, 1.165) is 23.4 Å². The maximum absolute atomic E-state index is 13.4. The van der Waals surface area contributed by atoms with Gasteiger partial charge in [-0.15, -0.1) is 0 Å². The molecule has 4 rings (SSSR count). The van der Waals surface area contributed by atoms with Gasteiger partial charge in [-0.25, -0.2) is 4.98 Å². The summed E-state index contributed by atoms with van der Waals surface area (Å²) in [4.78, 5) is 18.3. The van der Waals surface area contributed by atoms with Crippen molar-refractivity contribution >= 4 is 10.9 Å². The molecule has 0 aliphatic rings. The van der Waals surface area contributed by atoms with E-state index in [-0.39, 0.29) is 5.56 Å². The van der Waals surface area contributed by atoms with Gasteiger partial charge in [-0.1, -0.05) is 54.6 Å². The van der Waals surface area contributed by atoms with Crippen LogP contribution in [0.15, 0.2) is 77.6 Å². The summed E-state index contributed by atoms with van der Waals surface area (Å²) in [6.07, 6.45) is 1.50. The minimum atomic E-state index is -0.0555. The van der Waals surface area contributed by atoms with Crippen molar-refractivity contribution in [2.75, 3.05) is 7.11 Å². The molecule has 0 amide bonds. The summed E-state index contributed by atoms with van der Waals surface area (Å²) in [5, 5.41) is 0.563. The number of nitrogens with zero attached hydrogens (tertiary/aromatic N) is 2. The summed E-state index contributed by atoms with van der Waals surface area (Å²) in [6, 6.07) is 23.7. The molecule has 1 aromatic heterocycles. The topological polar surface area (TPSA) is 70.1 Å². The number of rotatable bonds is 7. The zero-order valence-electron chi connectivity index (χ0n) is 17.0. The van der Waals surface area contributed by atoms with Gasteiger partial charge in [-0.2, -0.15) is 0 Å². The van der Waals surface area contributed by atoms with Gasteiger partial charge in [-0.05, 0) is 41.3 Å². The Morgan fingerprint density at radius 3 is 2.43 bits per heavy atom. The second-order valence-electron chi connectivity index (χ2n) is 7.31. The van der Waals surface area contributed by atoms with Gasteiger partial charge in [-0.3, -0.25) is 9.36 Å². The summed E-state index contributed by atoms with van der Waals surface area (Å²) in [6.45, 7) is 0.924. The molecule has 0 saturated carbocycles. The highest BCUT2D eigenvalue weighted by Gasteiger charge is 2.13. The van der Waals surface area contributed by atoms with Crippen LogP contribution in [0, 0.1) is 0 Å². The van der Waals surface area contributed by atoms with Gasteiger partial charge in [0.1, 0.15) is 11.6 Å². The van der Waals surface area contributed by atoms with Crippen LogP contribution in [0.3, 0.4) is 0 Å². The molecule has 0 radical (unpaired) electrons. The van der Waals surface area contributed by atoms with E-state index in [4.69, 9.17) is 15.5 Å². The summed E-state index contributed by atoms with van der Waals surface area (Å²) in [7, 11) is 1.60. The van der Waals surface area contributed by atoms with Crippen LogP contribution in [0.2, 0.25) is 0 Å². The average molecular weight is 399 g/mol. The fourth-order valence-corrected chi connectivity index (χ4v) is 3.67. The van der Waals surface area contributed by atoms with Gasteiger partial charge in [0.05, 0.1) is 24.6 Å². The van der Waals surface area contributed by atoms with Crippen LogP contribution in [-0.4, -0.2) is 16.7 Å². The van der Waals surface area contributed by atoms with Crippen molar-refractivity contribution in [3.8, 4) is 5.75 Å². The van der Waals surface area contributed by atoms with E-state index < -0.39 is 0 Å². The standard InChI is InChI=1S/C25H25N3O2/c1-30-21-11-12-23-22(15-21)25(29)28(17-20-9-5-8-19(14-20)16-26)24(27-23)13-10-18-6-3-2-4-7-18/h2-9,11-12,14-15H,10,13,16-17,26H2,1H3. The van der Waals surface area contributed by atoms with Crippen LogP contribution < -0.4 is 16.0 Å². The number of hydrogen-bond donors (Lipinski definition) is 1. The molecule has 4 aromatic rings. The second kappa shape index (κ2) is 8.93. The Balaban J connectivity index is 1.78. The fraction of sp³-hybridized carbons (Fsp3) is 0.200. The van der Waals surface area contributed by atoms with Crippen LogP contribution in [0.25, 0.3) is 10.9 Å². The summed E-state index contributed by atoms with van der Waals surface area (Å²) in [5.41, 5.74) is 9.73. The lowest BCUT2D eigenvalue weighted by Crippen LogP contribution is -2.26. The Hall–Kier alpha value is -3.44. The third-order valence-corrected chi connectivity index (χ3v) is 5.29. The third kappa shape index (κ3) is 4.26. The first-order valence-electron chi connectivity index (χ1n) is 10.1. The van der Waals surface area contributed by atoms with E-state index in [0.29, 0.717) is 36.2 Å². The SMILES string of the molecule is COc1ccc2nc(CCc3ccccc3)n(Cc3cccc(CN)c3)c(=O)c2c1. The summed E-state index contributed by atoms with van der Waals surface area (Å²) in [5.74, 6) is 1.43. The van der Waals surface area contributed by atoms with E-state index in [1.165, 1.54) is 5.56 Å². The third-order valence-electron chi connectivity index (χ3n) is 5.29. The summed E-state index contributed by atoms with van der Waals surface area (Å²) >= 11 is 0. The van der Waals surface area contributed by atoms with Crippen molar-refractivity contribution < 1.29 is 4.74 Å². The van der Waals surface area contributed by atoms with E-state index >= 15 is 0 Å². The molecule has 0 bridgehead atoms. The van der Waals surface area contributed by atoms with Crippen molar-refractivity contribution in [3.63, 3.8) is 0 Å². The molecule has 0 atom stereocenters. The normalized spacial score (nSPS) is 11.0. The number of nitrogens with two attached hydrogens (primary N) is 1. The molecule has 30 heavy (non-hydrogen) atoms.